The summed E-state index contributed by atoms with van der Waals surface area (Å²) in [7, 11) is 0. The van der Waals surface area contributed by atoms with Crippen molar-refractivity contribution in [2.75, 3.05) is 0 Å². The van der Waals surface area contributed by atoms with Crippen molar-refractivity contribution >= 4 is 33.3 Å². The maximum absolute atomic E-state index is 10.7. The lowest BCUT2D eigenvalue weighted by atomic mass is 10.0. The maximum atomic E-state index is 10.7. The van der Waals surface area contributed by atoms with E-state index in [0.717, 1.165) is 21.2 Å². The van der Waals surface area contributed by atoms with Crippen LogP contribution in [0.3, 0.4) is 0 Å². The number of nitro groups is 1. The highest BCUT2D eigenvalue weighted by atomic mass is 79.9. The first-order valence-corrected chi connectivity index (χ1v) is 9.57. The minimum Gasteiger partial charge on any atom is -0.488 e. The summed E-state index contributed by atoms with van der Waals surface area (Å²) in [6, 6.07) is 22.7. The molecule has 0 unspecified atom stereocenters. The molecule has 0 saturated carbocycles. The third kappa shape index (κ3) is 5.11. The molecule has 146 valence electrons. The largest absolute Gasteiger partial charge is 0.488 e. The summed E-state index contributed by atoms with van der Waals surface area (Å²) in [6.45, 7) is 0.264. The van der Waals surface area contributed by atoms with Crippen molar-refractivity contribution in [2.24, 2.45) is 0 Å². The molecule has 7 heteroatoms. The van der Waals surface area contributed by atoms with Crippen molar-refractivity contribution in [1.82, 2.24) is 0 Å². The summed E-state index contributed by atoms with van der Waals surface area (Å²) >= 11 is 3.48. The Morgan fingerprint density at radius 3 is 2.33 bits per heavy atom. The summed E-state index contributed by atoms with van der Waals surface area (Å²) in [5, 5.41) is 29.1. The van der Waals surface area contributed by atoms with E-state index in [-0.39, 0.29) is 12.3 Å². The molecule has 0 atom stereocenters. The predicted molar refractivity (Wildman–Crippen MR) is 116 cm³/mol. The van der Waals surface area contributed by atoms with Gasteiger partial charge in [-0.25, -0.2) is 0 Å². The Morgan fingerprint density at radius 1 is 1.07 bits per heavy atom. The first kappa shape index (κ1) is 20.8. The van der Waals surface area contributed by atoms with E-state index in [4.69, 9.17) is 10.00 Å². The average molecular weight is 460 g/mol. The summed E-state index contributed by atoms with van der Waals surface area (Å²) in [4.78, 5) is 10.3. The molecule has 0 aliphatic heterocycles. The lowest BCUT2D eigenvalue weighted by Gasteiger charge is -2.09. The Hall–Kier alpha value is -3.94. The van der Waals surface area contributed by atoms with E-state index in [1.807, 2.05) is 12.1 Å². The second-order valence-corrected chi connectivity index (χ2v) is 7.12. The van der Waals surface area contributed by atoms with Crippen LogP contribution in [0.5, 0.6) is 5.75 Å². The molecule has 3 aromatic rings. The standard InChI is InChI=1S/C23H14BrN3O3/c24-22-12-18(11-20(14-26)19-6-1-16(13-25)2-7-19)5-10-23(22)30-15-17-3-8-21(9-4-17)27(28)29/h1-12H,15H2/b20-11+. The Balaban J connectivity index is 1.73. The van der Waals surface area contributed by atoms with Crippen molar-refractivity contribution in [2.45, 2.75) is 6.61 Å². The van der Waals surface area contributed by atoms with Crippen LogP contribution in [0.15, 0.2) is 71.2 Å². The second kappa shape index (κ2) is 9.51. The number of nitriles is 2. The molecule has 6 nitrogen and oxygen atoms in total. The molecular weight excluding hydrogens is 446 g/mol. The van der Waals surface area contributed by atoms with Crippen molar-refractivity contribution < 1.29 is 9.66 Å². The topological polar surface area (TPSA) is 99.9 Å². The number of halogens is 1. The molecule has 0 radical (unpaired) electrons. The molecule has 0 aromatic heterocycles. The number of ether oxygens (including phenoxy) is 1. The summed E-state index contributed by atoms with van der Waals surface area (Å²) in [6.07, 6.45) is 1.76. The highest BCUT2D eigenvalue weighted by Crippen LogP contribution is 2.29. The number of nitrogens with zero attached hydrogens (tertiary/aromatic N) is 3. The Morgan fingerprint density at radius 2 is 1.77 bits per heavy atom. The number of hydrogen-bond donors (Lipinski definition) is 0. The molecule has 0 spiro atoms. The van der Waals surface area contributed by atoms with Gasteiger partial charge in [0, 0.05) is 12.1 Å². The van der Waals surface area contributed by atoms with Crippen molar-refractivity contribution in [3.63, 3.8) is 0 Å². The van der Waals surface area contributed by atoms with Gasteiger partial charge in [0.25, 0.3) is 5.69 Å². The van der Waals surface area contributed by atoms with Gasteiger partial charge in [-0.15, -0.1) is 0 Å². The predicted octanol–water partition coefficient (Wildman–Crippen LogP) is 5.87. The van der Waals surface area contributed by atoms with Crippen LogP contribution in [0.4, 0.5) is 5.69 Å². The van der Waals surface area contributed by atoms with Crippen LogP contribution in [0.1, 0.15) is 22.3 Å². The minimum atomic E-state index is -0.444. The second-order valence-electron chi connectivity index (χ2n) is 6.26. The van der Waals surface area contributed by atoms with Gasteiger partial charge >= 0.3 is 0 Å². The molecule has 3 aromatic carbocycles. The summed E-state index contributed by atoms with van der Waals surface area (Å²) < 4.78 is 6.50. The van der Waals surface area contributed by atoms with E-state index in [0.29, 0.717) is 16.9 Å². The number of non-ortho nitro benzene ring substituents is 1. The molecular formula is C23H14BrN3O3. The van der Waals surface area contributed by atoms with Crippen LogP contribution >= 0.6 is 15.9 Å². The van der Waals surface area contributed by atoms with Crippen LogP contribution < -0.4 is 4.74 Å². The van der Waals surface area contributed by atoms with Gasteiger partial charge in [0.15, 0.2) is 0 Å². The zero-order valence-corrected chi connectivity index (χ0v) is 17.2. The van der Waals surface area contributed by atoms with Gasteiger partial charge in [-0.05, 0) is 75.1 Å². The van der Waals surface area contributed by atoms with Gasteiger partial charge in [0.2, 0.25) is 0 Å². The van der Waals surface area contributed by atoms with Crippen LogP contribution in [0.2, 0.25) is 0 Å². The zero-order chi connectivity index (χ0) is 21.5. The molecule has 0 N–H and O–H groups in total. The fraction of sp³-hybridized carbons (Fsp3) is 0.0435. The van der Waals surface area contributed by atoms with E-state index >= 15 is 0 Å². The van der Waals surface area contributed by atoms with Crippen LogP contribution in [-0.4, -0.2) is 4.92 Å². The number of allylic oxidation sites excluding steroid dienone is 1. The van der Waals surface area contributed by atoms with Gasteiger partial charge in [0.1, 0.15) is 12.4 Å². The average Bonchev–Trinajstić information content (AvgIpc) is 2.77. The molecule has 0 heterocycles. The third-order valence-corrected chi connectivity index (χ3v) is 4.87. The normalized spacial score (nSPS) is 10.7. The third-order valence-electron chi connectivity index (χ3n) is 4.25. The first-order valence-electron chi connectivity index (χ1n) is 8.78. The van der Waals surface area contributed by atoms with Gasteiger partial charge in [-0.3, -0.25) is 10.1 Å². The fourth-order valence-electron chi connectivity index (χ4n) is 2.67. The van der Waals surface area contributed by atoms with Crippen LogP contribution in [0.25, 0.3) is 11.6 Å². The molecule has 30 heavy (non-hydrogen) atoms. The summed E-state index contributed by atoms with van der Waals surface area (Å²) in [5.74, 6) is 0.613. The van der Waals surface area contributed by atoms with Crippen LogP contribution in [0, 0.1) is 32.8 Å². The Labute approximate surface area is 181 Å². The zero-order valence-electron chi connectivity index (χ0n) is 15.6. The van der Waals surface area contributed by atoms with Gasteiger partial charge in [0.05, 0.1) is 32.7 Å². The molecule has 0 bridgehead atoms. The molecule has 0 aliphatic rings. The smallest absolute Gasteiger partial charge is 0.269 e. The van der Waals surface area contributed by atoms with Crippen molar-refractivity contribution in [3.05, 3.63) is 104 Å². The lowest BCUT2D eigenvalue weighted by molar-refractivity contribution is -0.384. The van der Waals surface area contributed by atoms with E-state index in [1.54, 1.807) is 48.5 Å². The molecule has 0 aliphatic carbocycles. The Bertz CT molecular complexity index is 1190. The van der Waals surface area contributed by atoms with E-state index < -0.39 is 4.92 Å². The lowest BCUT2D eigenvalue weighted by Crippen LogP contribution is -1.97. The van der Waals surface area contributed by atoms with Gasteiger partial charge in [-0.1, -0.05) is 18.2 Å². The quantitative estimate of drug-likeness (QED) is 0.198. The maximum Gasteiger partial charge on any atom is 0.269 e. The number of nitro benzene ring substituents is 1. The van der Waals surface area contributed by atoms with E-state index in [9.17, 15) is 15.4 Å². The SMILES string of the molecule is N#C/C(=C\c1ccc(OCc2ccc([N+](=O)[O-])cc2)c(Br)c1)c1ccc(C#N)cc1. The number of rotatable bonds is 6. The van der Waals surface area contributed by atoms with Crippen molar-refractivity contribution in [3.8, 4) is 17.9 Å². The highest BCUT2D eigenvalue weighted by molar-refractivity contribution is 9.10. The minimum absolute atomic E-state index is 0.0339. The molecule has 0 fully saturated rings. The first-order chi connectivity index (χ1) is 14.5. The fourth-order valence-corrected chi connectivity index (χ4v) is 3.18. The van der Waals surface area contributed by atoms with E-state index in [1.165, 1.54) is 12.1 Å². The van der Waals surface area contributed by atoms with Gasteiger partial charge < -0.3 is 4.74 Å². The van der Waals surface area contributed by atoms with E-state index in [2.05, 4.69) is 28.1 Å². The molecule has 0 amide bonds. The number of benzene rings is 3. The number of hydrogen-bond acceptors (Lipinski definition) is 5. The summed E-state index contributed by atoms with van der Waals surface area (Å²) in [5.41, 5.74) is 3.39. The monoisotopic (exact) mass is 459 g/mol. The van der Waals surface area contributed by atoms with Crippen molar-refractivity contribution in [1.29, 1.82) is 10.5 Å². The van der Waals surface area contributed by atoms with Crippen LogP contribution in [-0.2, 0) is 6.61 Å². The van der Waals surface area contributed by atoms with Gasteiger partial charge in [-0.2, -0.15) is 10.5 Å². The Kier molecular flexibility index (Phi) is 6.59. The molecule has 3 rings (SSSR count). The highest BCUT2D eigenvalue weighted by Gasteiger charge is 2.07. The molecule has 0 saturated heterocycles.